The monoisotopic (exact) mass is 235 g/mol. The van der Waals surface area contributed by atoms with Gasteiger partial charge in [-0.15, -0.1) is 0 Å². The Morgan fingerprint density at radius 3 is 2.47 bits per heavy atom. The summed E-state index contributed by atoms with van der Waals surface area (Å²) in [6.07, 6.45) is 0.976. The Bertz CT molecular complexity index is 427. The standard InChI is InChI=1S/C13H21N3O/c1-5-13(2,3)16(4)10-8-6-7-9(11(10)14)12(15)17/h6-8H,5,14H2,1-4H3,(H2,15,17). The van der Waals surface area contributed by atoms with E-state index in [1.807, 2.05) is 13.1 Å². The lowest BCUT2D eigenvalue weighted by Gasteiger charge is -2.37. The summed E-state index contributed by atoms with van der Waals surface area (Å²) in [6.45, 7) is 6.37. The largest absolute Gasteiger partial charge is 0.396 e. The van der Waals surface area contributed by atoms with Gasteiger partial charge in [0.05, 0.1) is 16.9 Å². The number of anilines is 2. The second kappa shape index (κ2) is 4.65. The Morgan fingerprint density at radius 1 is 1.41 bits per heavy atom. The van der Waals surface area contributed by atoms with Crippen LogP contribution >= 0.6 is 0 Å². The summed E-state index contributed by atoms with van der Waals surface area (Å²) in [6, 6.07) is 5.35. The molecule has 0 aliphatic heterocycles. The van der Waals surface area contributed by atoms with Crippen LogP contribution in [0.2, 0.25) is 0 Å². The molecule has 0 fully saturated rings. The zero-order chi connectivity index (χ0) is 13.2. The van der Waals surface area contributed by atoms with E-state index >= 15 is 0 Å². The lowest BCUT2D eigenvalue weighted by molar-refractivity contribution is 0.100. The van der Waals surface area contributed by atoms with Gasteiger partial charge in [0.25, 0.3) is 5.91 Å². The van der Waals surface area contributed by atoms with Crippen molar-refractivity contribution >= 4 is 17.3 Å². The smallest absolute Gasteiger partial charge is 0.250 e. The van der Waals surface area contributed by atoms with E-state index in [9.17, 15) is 4.79 Å². The van der Waals surface area contributed by atoms with Crippen LogP contribution in [0.4, 0.5) is 11.4 Å². The van der Waals surface area contributed by atoms with Crippen molar-refractivity contribution in [2.45, 2.75) is 32.7 Å². The summed E-state index contributed by atoms with van der Waals surface area (Å²) in [4.78, 5) is 13.3. The van der Waals surface area contributed by atoms with Crippen LogP contribution in [0, 0.1) is 0 Å². The fourth-order valence-corrected chi connectivity index (χ4v) is 1.62. The zero-order valence-corrected chi connectivity index (χ0v) is 10.9. The van der Waals surface area contributed by atoms with E-state index in [0.717, 1.165) is 12.1 Å². The first-order valence-electron chi connectivity index (χ1n) is 5.73. The van der Waals surface area contributed by atoms with Gasteiger partial charge >= 0.3 is 0 Å². The Hall–Kier alpha value is -1.71. The number of nitrogen functional groups attached to an aromatic ring is 1. The highest BCUT2D eigenvalue weighted by Crippen LogP contribution is 2.31. The average Bonchev–Trinajstić information content (AvgIpc) is 2.28. The summed E-state index contributed by atoms with van der Waals surface area (Å²) >= 11 is 0. The highest BCUT2D eigenvalue weighted by Gasteiger charge is 2.24. The number of nitrogens with zero attached hydrogens (tertiary/aromatic N) is 1. The van der Waals surface area contributed by atoms with Crippen molar-refractivity contribution < 1.29 is 4.79 Å². The van der Waals surface area contributed by atoms with Crippen LogP contribution in [-0.4, -0.2) is 18.5 Å². The molecular formula is C13H21N3O. The van der Waals surface area contributed by atoms with Gasteiger partial charge in [-0.05, 0) is 32.4 Å². The zero-order valence-electron chi connectivity index (χ0n) is 10.9. The van der Waals surface area contributed by atoms with E-state index in [4.69, 9.17) is 11.5 Å². The molecule has 17 heavy (non-hydrogen) atoms. The van der Waals surface area contributed by atoms with E-state index in [1.165, 1.54) is 0 Å². The molecule has 0 saturated heterocycles. The summed E-state index contributed by atoms with van der Waals surface area (Å²) < 4.78 is 0. The number of nitrogens with two attached hydrogens (primary N) is 2. The van der Waals surface area contributed by atoms with Crippen LogP contribution in [-0.2, 0) is 0 Å². The molecule has 0 bridgehead atoms. The molecule has 0 aliphatic carbocycles. The first kappa shape index (κ1) is 13.4. The van der Waals surface area contributed by atoms with Crippen molar-refractivity contribution in [3.8, 4) is 0 Å². The number of hydrogen-bond acceptors (Lipinski definition) is 3. The molecule has 1 rings (SSSR count). The van der Waals surface area contributed by atoms with E-state index in [0.29, 0.717) is 11.3 Å². The van der Waals surface area contributed by atoms with Gasteiger partial charge in [0.15, 0.2) is 0 Å². The van der Waals surface area contributed by atoms with Crippen LogP contribution in [0.5, 0.6) is 0 Å². The lowest BCUT2D eigenvalue weighted by Crippen LogP contribution is -2.41. The number of carbonyl (C=O) groups is 1. The number of para-hydroxylation sites is 1. The minimum atomic E-state index is -0.493. The van der Waals surface area contributed by atoms with Gasteiger partial charge in [-0.25, -0.2) is 0 Å². The second-order valence-electron chi connectivity index (χ2n) is 4.83. The second-order valence-corrected chi connectivity index (χ2v) is 4.83. The highest BCUT2D eigenvalue weighted by atomic mass is 16.1. The van der Waals surface area contributed by atoms with Crippen molar-refractivity contribution in [1.82, 2.24) is 0 Å². The van der Waals surface area contributed by atoms with Crippen molar-refractivity contribution in [3.63, 3.8) is 0 Å². The third-order valence-corrected chi connectivity index (χ3v) is 3.48. The maximum atomic E-state index is 11.2. The molecule has 94 valence electrons. The molecule has 0 radical (unpaired) electrons. The van der Waals surface area contributed by atoms with Gasteiger partial charge < -0.3 is 16.4 Å². The van der Waals surface area contributed by atoms with Crippen LogP contribution in [0.3, 0.4) is 0 Å². The number of hydrogen-bond donors (Lipinski definition) is 2. The normalized spacial score (nSPS) is 11.3. The average molecular weight is 235 g/mol. The Balaban J connectivity index is 3.24. The summed E-state index contributed by atoms with van der Waals surface area (Å²) in [5, 5.41) is 0. The third kappa shape index (κ3) is 2.52. The molecule has 0 spiro atoms. The minimum Gasteiger partial charge on any atom is -0.396 e. The third-order valence-electron chi connectivity index (χ3n) is 3.48. The maximum Gasteiger partial charge on any atom is 0.250 e. The quantitative estimate of drug-likeness (QED) is 0.784. The van der Waals surface area contributed by atoms with E-state index in [-0.39, 0.29) is 5.54 Å². The molecule has 4 N–H and O–H groups in total. The number of carbonyl (C=O) groups excluding carboxylic acids is 1. The summed E-state index contributed by atoms with van der Waals surface area (Å²) in [7, 11) is 1.97. The van der Waals surface area contributed by atoms with Crippen LogP contribution < -0.4 is 16.4 Å². The fourth-order valence-electron chi connectivity index (χ4n) is 1.62. The molecule has 0 atom stereocenters. The molecule has 0 aromatic heterocycles. The van der Waals surface area contributed by atoms with Gasteiger partial charge in [0.1, 0.15) is 0 Å². The number of rotatable bonds is 4. The highest BCUT2D eigenvalue weighted by molar-refractivity contribution is 6.00. The molecule has 0 saturated carbocycles. The molecule has 0 heterocycles. The molecule has 1 aromatic carbocycles. The lowest BCUT2D eigenvalue weighted by atomic mass is 9.98. The summed E-state index contributed by atoms with van der Waals surface area (Å²) in [5.74, 6) is -0.493. The van der Waals surface area contributed by atoms with Gasteiger partial charge in [0.2, 0.25) is 0 Å². The van der Waals surface area contributed by atoms with Crippen LogP contribution in [0.1, 0.15) is 37.6 Å². The molecular weight excluding hydrogens is 214 g/mol. The Labute approximate surface area is 103 Å². The Morgan fingerprint density at radius 2 is 2.00 bits per heavy atom. The number of benzene rings is 1. The van der Waals surface area contributed by atoms with Crippen molar-refractivity contribution in [1.29, 1.82) is 0 Å². The topological polar surface area (TPSA) is 72.3 Å². The minimum absolute atomic E-state index is 0.0234. The molecule has 1 aromatic rings. The van der Waals surface area contributed by atoms with Crippen molar-refractivity contribution in [2.75, 3.05) is 17.7 Å². The van der Waals surface area contributed by atoms with E-state index < -0.39 is 5.91 Å². The van der Waals surface area contributed by atoms with E-state index in [1.54, 1.807) is 12.1 Å². The maximum absolute atomic E-state index is 11.2. The van der Waals surface area contributed by atoms with Crippen LogP contribution in [0.25, 0.3) is 0 Å². The van der Waals surface area contributed by atoms with Gasteiger partial charge in [-0.1, -0.05) is 13.0 Å². The van der Waals surface area contributed by atoms with Crippen molar-refractivity contribution in [3.05, 3.63) is 23.8 Å². The van der Waals surface area contributed by atoms with Gasteiger partial charge in [0, 0.05) is 12.6 Å². The SMILES string of the molecule is CCC(C)(C)N(C)c1cccc(C(N)=O)c1N. The fraction of sp³-hybridized carbons (Fsp3) is 0.462. The molecule has 1 amide bonds. The molecule has 0 aliphatic rings. The number of primary amides is 1. The van der Waals surface area contributed by atoms with Gasteiger partial charge in [-0.3, -0.25) is 4.79 Å². The first-order chi connectivity index (χ1) is 7.81. The van der Waals surface area contributed by atoms with E-state index in [2.05, 4.69) is 25.7 Å². The predicted octanol–water partition coefficient (Wildman–Crippen LogP) is 1.99. The van der Waals surface area contributed by atoms with Crippen LogP contribution in [0.15, 0.2) is 18.2 Å². The van der Waals surface area contributed by atoms with Crippen molar-refractivity contribution in [2.24, 2.45) is 5.73 Å². The van der Waals surface area contributed by atoms with Gasteiger partial charge in [-0.2, -0.15) is 0 Å². The first-order valence-corrected chi connectivity index (χ1v) is 5.73. The Kier molecular flexibility index (Phi) is 3.66. The molecule has 4 nitrogen and oxygen atoms in total. The number of amides is 1. The molecule has 0 unspecified atom stereocenters. The predicted molar refractivity (Wildman–Crippen MR) is 72.1 cm³/mol. The molecule has 4 heteroatoms. The summed E-state index contributed by atoms with van der Waals surface area (Å²) in [5.41, 5.74) is 12.9.